The van der Waals surface area contributed by atoms with E-state index in [0.717, 1.165) is 6.54 Å². The van der Waals surface area contributed by atoms with Gasteiger partial charge in [-0.1, -0.05) is 24.6 Å². The van der Waals surface area contributed by atoms with Crippen molar-refractivity contribution in [1.82, 2.24) is 4.90 Å². The summed E-state index contributed by atoms with van der Waals surface area (Å²) >= 11 is 1.88. The first-order valence-corrected chi connectivity index (χ1v) is 6.99. The van der Waals surface area contributed by atoms with Crippen LogP contribution in [-0.2, 0) is 6.54 Å². The molecule has 2 aromatic rings. The lowest BCUT2D eigenvalue weighted by Crippen LogP contribution is -3.00. The van der Waals surface area contributed by atoms with Gasteiger partial charge in [-0.3, -0.25) is 4.90 Å². The summed E-state index contributed by atoms with van der Waals surface area (Å²) < 4.78 is 1.43. The van der Waals surface area contributed by atoms with E-state index in [1.165, 1.54) is 48.0 Å². The maximum absolute atomic E-state index is 2.60. The summed E-state index contributed by atoms with van der Waals surface area (Å²) in [5.41, 5.74) is 1.52. The van der Waals surface area contributed by atoms with Gasteiger partial charge in [0.25, 0.3) is 0 Å². The number of hydrogen-bond acceptors (Lipinski definition) is 2. The Morgan fingerprint density at radius 2 is 1.82 bits per heavy atom. The van der Waals surface area contributed by atoms with Gasteiger partial charge in [-0.05, 0) is 48.3 Å². The molecular formula is C14H17ClNS-. The van der Waals surface area contributed by atoms with E-state index in [-0.39, 0.29) is 12.4 Å². The van der Waals surface area contributed by atoms with E-state index in [1.54, 1.807) is 0 Å². The molecule has 1 fully saturated rings. The molecule has 0 saturated carbocycles. The molecule has 1 nitrogen and oxygen atoms in total. The van der Waals surface area contributed by atoms with Crippen LogP contribution in [-0.4, -0.2) is 18.0 Å². The van der Waals surface area contributed by atoms with Gasteiger partial charge in [-0.15, -0.1) is 11.3 Å². The smallest absolute Gasteiger partial charge is 0.0346 e. The van der Waals surface area contributed by atoms with Gasteiger partial charge in [-0.2, -0.15) is 0 Å². The van der Waals surface area contributed by atoms with Gasteiger partial charge in [-0.25, -0.2) is 0 Å². The molecule has 0 unspecified atom stereocenters. The fourth-order valence-corrected chi connectivity index (χ4v) is 3.47. The average Bonchev–Trinajstić information content (AvgIpc) is 2.74. The van der Waals surface area contributed by atoms with Crippen LogP contribution in [0.3, 0.4) is 0 Å². The summed E-state index contributed by atoms with van der Waals surface area (Å²) in [5, 5.41) is 3.79. The molecule has 0 aliphatic carbocycles. The monoisotopic (exact) mass is 266 g/mol. The quantitative estimate of drug-likeness (QED) is 0.781. The Hall–Kier alpha value is -0.570. The van der Waals surface area contributed by atoms with Crippen molar-refractivity contribution >= 4 is 21.4 Å². The van der Waals surface area contributed by atoms with Crippen LogP contribution in [0.15, 0.2) is 29.6 Å². The van der Waals surface area contributed by atoms with Crippen LogP contribution in [0.25, 0.3) is 10.1 Å². The molecule has 0 amide bonds. The van der Waals surface area contributed by atoms with Gasteiger partial charge in [0.15, 0.2) is 0 Å². The van der Waals surface area contributed by atoms with Crippen molar-refractivity contribution in [3.8, 4) is 0 Å². The summed E-state index contributed by atoms with van der Waals surface area (Å²) in [6, 6.07) is 8.75. The highest BCUT2D eigenvalue weighted by Crippen LogP contribution is 2.27. The molecule has 1 aliphatic rings. The van der Waals surface area contributed by atoms with E-state index in [1.807, 2.05) is 11.3 Å². The van der Waals surface area contributed by atoms with Gasteiger partial charge in [0.05, 0.1) is 0 Å². The number of thiophene rings is 1. The molecular weight excluding hydrogens is 250 g/mol. The van der Waals surface area contributed by atoms with Crippen molar-refractivity contribution in [2.75, 3.05) is 13.1 Å². The molecule has 0 N–H and O–H groups in total. The summed E-state index contributed by atoms with van der Waals surface area (Å²) in [7, 11) is 0. The molecule has 92 valence electrons. The zero-order valence-electron chi connectivity index (χ0n) is 9.86. The molecule has 0 bridgehead atoms. The first-order valence-electron chi connectivity index (χ1n) is 6.11. The van der Waals surface area contributed by atoms with E-state index >= 15 is 0 Å². The highest BCUT2D eigenvalue weighted by Gasteiger charge is 2.12. The molecule has 1 aliphatic heterocycles. The lowest BCUT2D eigenvalue weighted by Gasteiger charge is -2.26. The third-order valence-electron chi connectivity index (χ3n) is 3.40. The second-order valence-electron chi connectivity index (χ2n) is 4.59. The summed E-state index contributed by atoms with van der Waals surface area (Å²) in [5.74, 6) is 0. The summed E-state index contributed by atoms with van der Waals surface area (Å²) in [4.78, 5) is 2.60. The topological polar surface area (TPSA) is 3.24 Å². The Balaban J connectivity index is 0.00000108. The normalized spacial score (nSPS) is 16.9. The molecule has 3 rings (SSSR count). The fraction of sp³-hybridized carbons (Fsp3) is 0.429. The standard InChI is InChI=1S/C14H17NS.ClH/c1-4-8-15(9-5-1)10-12-11-16-14-7-3-2-6-13(12)14;/h2-3,6-7,11H,1,4-5,8-10H2;1H/p-1. The molecule has 0 atom stereocenters. The predicted molar refractivity (Wildman–Crippen MR) is 71.0 cm³/mol. The minimum absolute atomic E-state index is 0. The number of halogens is 1. The van der Waals surface area contributed by atoms with E-state index < -0.39 is 0 Å². The number of fused-ring (bicyclic) bond motifs is 1. The Bertz CT molecular complexity index is 474. The number of piperidine rings is 1. The minimum Gasteiger partial charge on any atom is -1.00 e. The Kier molecular flexibility index (Phi) is 4.43. The van der Waals surface area contributed by atoms with Crippen molar-refractivity contribution in [1.29, 1.82) is 0 Å². The van der Waals surface area contributed by atoms with Crippen LogP contribution in [0.5, 0.6) is 0 Å². The van der Waals surface area contributed by atoms with Crippen LogP contribution < -0.4 is 12.4 Å². The highest BCUT2D eigenvalue weighted by atomic mass is 35.5. The Labute approximate surface area is 113 Å². The van der Waals surface area contributed by atoms with E-state index in [4.69, 9.17) is 0 Å². The molecule has 1 aromatic heterocycles. The largest absolute Gasteiger partial charge is 1.00 e. The van der Waals surface area contributed by atoms with Gasteiger partial charge in [0.2, 0.25) is 0 Å². The Morgan fingerprint density at radius 1 is 1.06 bits per heavy atom. The van der Waals surface area contributed by atoms with Crippen molar-refractivity contribution < 1.29 is 12.4 Å². The van der Waals surface area contributed by atoms with E-state index in [9.17, 15) is 0 Å². The van der Waals surface area contributed by atoms with Crippen LogP contribution in [0.1, 0.15) is 24.8 Å². The highest BCUT2D eigenvalue weighted by molar-refractivity contribution is 7.17. The van der Waals surface area contributed by atoms with Crippen LogP contribution in [0.2, 0.25) is 0 Å². The zero-order valence-corrected chi connectivity index (χ0v) is 11.4. The fourth-order valence-electron chi connectivity index (χ4n) is 2.51. The first kappa shape index (κ1) is 12.9. The molecule has 1 aromatic carbocycles. The van der Waals surface area contributed by atoms with Crippen molar-refractivity contribution in [2.24, 2.45) is 0 Å². The van der Waals surface area contributed by atoms with Gasteiger partial charge < -0.3 is 12.4 Å². The lowest BCUT2D eigenvalue weighted by atomic mass is 10.1. The molecule has 1 saturated heterocycles. The van der Waals surface area contributed by atoms with Crippen molar-refractivity contribution in [3.05, 3.63) is 35.2 Å². The van der Waals surface area contributed by atoms with Gasteiger partial charge in [0, 0.05) is 11.2 Å². The number of likely N-dealkylation sites (tertiary alicyclic amines) is 1. The molecule has 2 heterocycles. The number of hydrogen-bond donors (Lipinski definition) is 0. The molecule has 17 heavy (non-hydrogen) atoms. The second-order valence-corrected chi connectivity index (χ2v) is 5.51. The van der Waals surface area contributed by atoms with Crippen molar-refractivity contribution in [2.45, 2.75) is 25.8 Å². The third kappa shape index (κ3) is 2.82. The maximum atomic E-state index is 2.60. The van der Waals surface area contributed by atoms with E-state index in [0.29, 0.717) is 0 Å². The molecule has 3 heteroatoms. The molecule has 0 radical (unpaired) electrons. The summed E-state index contributed by atoms with van der Waals surface area (Å²) in [6.07, 6.45) is 4.17. The Morgan fingerprint density at radius 3 is 2.65 bits per heavy atom. The number of benzene rings is 1. The van der Waals surface area contributed by atoms with Crippen LogP contribution >= 0.6 is 11.3 Å². The second kappa shape index (κ2) is 5.85. The van der Waals surface area contributed by atoms with Crippen molar-refractivity contribution in [3.63, 3.8) is 0 Å². The SMILES string of the molecule is [Cl-].c1ccc2c(CN3CCCCC3)csc2c1. The van der Waals surface area contributed by atoms with Gasteiger partial charge in [0.1, 0.15) is 0 Å². The number of rotatable bonds is 2. The van der Waals surface area contributed by atoms with Crippen LogP contribution in [0, 0.1) is 0 Å². The van der Waals surface area contributed by atoms with E-state index in [2.05, 4.69) is 34.5 Å². The molecule has 0 spiro atoms. The lowest BCUT2D eigenvalue weighted by molar-refractivity contribution is -0.00000313. The minimum atomic E-state index is 0. The predicted octanol–water partition coefficient (Wildman–Crippen LogP) is 0.891. The first-order chi connectivity index (χ1) is 7.93. The third-order valence-corrected chi connectivity index (χ3v) is 4.42. The maximum Gasteiger partial charge on any atom is 0.0346 e. The average molecular weight is 267 g/mol. The summed E-state index contributed by atoms with van der Waals surface area (Å²) in [6.45, 7) is 3.71. The van der Waals surface area contributed by atoms with Crippen LogP contribution in [0.4, 0.5) is 0 Å². The zero-order chi connectivity index (χ0) is 10.8. The van der Waals surface area contributed by atoms with Gasteiger partial charge >= 0.3 is 0 Å². The number of nitrogens with zero attached hydrogens (tertiary/aromatic N) is 1.